The summed E-state index contributed by atoms with van der Waals surface area (Å²) in [7, 11) is 0. The molecule has 2 saturated heterocycles. The number of likely N-dealkylation sites (tertiary alicyclic amines) is 1. The van der Waals surface area contributed by atoms with E-state index >= 15 is 0 Å². The smallest absolute Gasteiger partial charge is 0.326 e. The predicted octanol–water partition coefficient (Wildman–Crippen LogP) is 1.09. The minimum absolute atomic E-state index is 0.0629. The minimum Gasteiger partial charge on any atom is -0.480 e. The maximum atomic E-state index is 12.7. The van der Waals surface area contributed by atoms with E-state index in [0.717, 1.165) is 45.2 Å². The fraction of sp³-hybridized carbons (Fsp3) is 0.867. The Morgan fingerprint density at radius 1 is 1.30 bits per heavy atom. The van der Waals surface area contributed by atoms with E-state index < -0.39 is 12.0 Å². The van der Waals surface area contributed by atoms with Gasteiger partial charge >= 0.3 is 5.97 Å². The summed E-state index contributed by atoms with van der Waals surface area (Å²) in [4.78, 5) is 25.9. The Morgan fingerprint density at radius 3 is 2.65 bits per heavy atom. The highest BCUT2D eigenvalue weighted by atomic mass is 16.4. The van der Waals surface area contributed by atoms with Gasteiger partial charge < -0.3 is 15.3 Å². The Labute approximate surface area is 119 Å². The van der Waals surface area contributed by atoms with Gasteiger partial charge in [-0.2, -0.15) is 0 Å². The van der Waals surface area contributed by atoms with Gasteiger partial charge in [-0.1, -0.05) is 6.92 Å². The number of carboxylic acid groups (broad SMARTS) is 1. The zero-order chi connectivity index (χ0) is 14.3. The van der Waals surface area contributed by atoms with Gasteiger partial charge in [0.05, 0.1) is 0 Å². The molecule has 1 spiro atoms. The van der Waals surface area contributed by atoms with E-state index in [-0.39, 0.29) is 23.2 Å². The van der Waals surface area contributed by atoms with E-state index in [1.54, 1.807) is 4.90 Å². The Balaban J connectivity index is 1.71. The van der Waals surface area contributed by atoms with Crippen LogP contribution in [0.15, 0.2) is 0 Å². The van der Waals surface area contributed by atoms with Crippen LogP contribution in [-0.2, 0) is 9.59 Å². The average Bonchev–Trinajstić information content (AvgIpc) is 3.11. The number of carbonyl (C=O) groups is 2. The molecule has 3 rings (SSSR count). The largest absolute Gasteiger partial charge is 0.480 e. The summed E-state index contributed by atoms with van der Waals surface area (Å²) in [6, 6.07) is -0.615. The molecule has 0 aromatic heterocycles. The van der Waals surface area contributed by atoms with Crippen molar-refractivity contribution in [2.75, 3.05) is 19.6 Å². The predicted molar refractivity (Wildman–Crippen MR) is 74.2 cm³/mol. The molecule has 1 aliphatic carbocycles. The van der Waals surface area contributed by atoms with Gasteiger partial charge in [0.15, 0.2) is 0 Å². The quantitative estimate of drug-likeness (QED) is 0.794. The molecule has 3 unspecified atom stereocenters. The van der Waals surface area contributed by atoms with E-state index in [2.05, 4.69) is 5.32 Å². The molecule has 0 bridgehead atoms. The first-order valence-electron chi connectivity index (χ1n) is 7.79. The van der Waals surface area contributed by atoms with Crippen LogP contribution < -0.4 is 5.32 Å². The number of nitrogens with one attached hydrogen (secondary N) is 1. The number of amides is 1. The second kappa shape index (κ2) is 5.02. The third kappa shape index (κ3) is 2.22. The summed E-state index contributed by atoms with van der Waals surface area (Å²) >= 11 is 0. The van der Waals surface area contributed by atoms with E-state index in [9.17, 15) is 14.7 Å². The Kier molecular flexibility index (Phi) is 3.48. The maximum absolute atomic E-state index is 12.7. The fourth-order valence-corrected chi connectivity index (χ4v) is 4.19. The molecule has 0 aromatic carbocycles. The normalized spacial score (nSPS) is 35.9. The average molecular weight is 280 g/mol. The van der Waals surface area contributed by atoms with Crippen LogP contribution in [0.4, 0.5) is 0 Å². The van der Waals surface area contributed by atoms with Crippen LogP contribution in [0.5, 0.6) is 0 Å². The topological polar surface area (TPSA) is 69.6 Å². The van der Waals surface area contributed by atoms with E-state index in [1.807, 2.05) is 6.92 Å². The summed E-state index contributed by atoms with van der Waals surface area (Å²) in [5, 5.41) is 12.8. The number of hydrogen-bond acceptors (Lipinski definition) is 3. The molecule has 2 aliphatic heterocycles. The van der Waals surface area contributed by atoms with Gasteiger partial charge in [0.2, 0.25) is 5.91 Å². The number of rotatable bonds is 2. The SMILES string of the molecule is CC1CCCN(C(=O)C2CC23CCNCC3)C1C(=O)O. The summed E-state index contributed by atoms with van der Waals surface area (Å²) in [6.45, 7) is 4.54. The standard InChI is InChI=1S/C15H24N2O3/c1-10-3-2-8-17(12(10)14(19)20)13(18)11-9-15(11)4-6-16-7-5-15/h10-12,16H,2-9H2,1H3,(H,19,20). The monoisotopic (exact) mass is 280 g/mol. The molecule has 2 N–H and O–H groups in total. The Hall–Kier alpha value is -1.10. The van der Waals surface area contributed by atoms with Gasteiger partial charge in [-0.25, -0.2) is 4.79 Å². The maximum Gasteiger partial charge on any atom is 0.326 e. The van der Waals surface area contributed by atoms with Crippen molar-refractivity contribution < 1.29 is 14.7 Å². The highest BCUT2D eigenvalue weighted by Crippen LogP contribution is 2.59. The summed E-state index contributed by atoms with van der Waals surface area (Å²) in [6.07, 6.45) is 4.91. The molecule has 5 nitrogen and oxygen atoms in total. The Morgan fingerprint density at radius 2 is 2.00 bits per heavy atom. The van der Waals surface area contributed by atoms with Crippen molar-refractivity contribution >= 4 is 11.9 Å². The van der Waals surface area contributed by atoms with Crippen LogP contribution in [-0.4, -0.2) is 47.6 Å². The molecule has 0 aromatic rings. The van der Waals surface area contributed by atoms with Crippen molar-refractivity contribution in [3.05, 3.63) is 0 Å². The number of hydrogen-bond donors (Lipinski definition) is 2. The highest BCUT2D eigenvalue weighted by molar-refractivity contribution is 5.88. The first kappa shape index (κ1) is 13.9. The van der Waals surface area contributed by atoms with Gasteiger partial charge in [0.25, 0.3) is 0 Å². The lowest BCUT2D eigenvalue weighted by molar-refractivity contribution is -0.155. The van der Waals surface area contributed by atoms with Gasteiger partial charge in [0.1, 0.15) is 6.04 Å². The number of carboxylic acids is 1. The number of aliphatic carboxylic acids is 1. The van der Waals surface area contributed by atoms with Gasteiger partial charge in [0, 0.05) is 12.5 Å². The van der Waals surface area contributed by atoms with Crippen molar-refractivity contribution in [3.63, 3.8) is 0 Å². The Bertz CT molecular complexity index is 417. The fourth-order valence-electron chi connectivity index (χ4n) is 4.19. The van der Waals surface area contributed by atoms with Crippen molar-refractivity contribution in [3.8, 4) is 0 Å². The second-order valence-electron chi connectivity index (χ2n) is 6.80. The minimum atomic E-state index is -0.842. The van der Waals surface area contributed by atoms with Gasteiger partial charge in [-0.15, -0.1) is 0 Å². The molecule has 3 aliphatic rings. The molecule has 0 radical (unpaired) electrons. The van der Waals surface area contributed by atoms with Crippen molar-refractivity contribution in [1.82, 2.24) is 10.2 Å². The third-order valence-corrected chi connectivity index (χ3v) is 5.56. The zero-order valence-electron chi connectivity index (χ0n) is 12.1. The van der Waals surface area contributed by atoms with Crippen LogP contribution in [0.2, 0.25) is 0 Å². The molecule has 1 saturated carbocycles. The van der Waals surface area contributed by atoms with Crippen LogP contribution in [0.25, 0.3) is 0 Å². The van der Waals surface area contributed by atoms with E-state index in [1.165, 1.54) is 0 Å². The third-order valence-electron chi connectivity index (χ3n) is 5.56. The first-order valence-corrected chi connectivity index (χ1v) is 7.79. The first-order chi connectivity index (χ1) is 9.55. The molecule has 20 heavy (non-hydrogen) atoms. The molecule has 1 amide bonds. The van der Waals surface area contributed by atoms with Gasteiger partial charge in [-0.3, -0.25) is 4.79 Å². The lowest BCUT2D eigenvalue weighted by Crippen LogP contribution is -2.53. The molecule has 112 valence electrons. The lowest BCUT2D eigenvalue weighted by Gasteiger charge is -2.38. The van der Waals surface area contributed by atoms with Crippen LogP contribution in [0, 0.1) is 17.3 Å². The van der Waals surface area contributed by atoms with E-state index in [4.69, 9.17) is 0 Å². The highest BCUT2D eigenvalue weighted by Gasteiger charge is 2.59. The van der Waals surface area contributed by atoms with Crippen LogP contribution in [0.3, 0.4) is 0 Å². The summed E-state index contributed by atoms with van der Waals surface area (Å²) in [5.74, 6) is -0.596. The molecule has 5 heteroatoms. The summed E-state index contributed by atoms with van der Waals surface area (Å²) in [5.41, 5.74) is 0.187. The number of nitrogens with zero attached hydrogens (tertiary/aromatic N) is 1. The number of carbonyl (C=O) groups excluding carboxylic acids is 1. The number of piperidine rings is 2. The van der Waals surface area contributed by atoms with Crippen molar-refractivity contribution in [2.24, 2.45) is 17.3 Å². The molecular formula is C15H24N2O3. The van der Waals surface area contributed by atoms with Crippen molar-refractivity contribution in [1.29, 1.82) is 0 Å². The second-order valence-corrected chi connectivity index (χ2v) is 6.80. The lowest BCUT2D eigenvalue weighted by atomic mass is 9.88. The molecule has 2 heterocycles. The molecule has 3 fully saturated rings. The van der Waals surface area contributed by atoms with Crippen molar-refractivity contribution in [2.45, 2.75) is 45.1 Å². The molecule has 3 atom stereocenters. The summed E-state index contributed by atoms with van der Waals surface area (Å²) < 4.78 is 0. The molecular weight excluding hydrogens is 256 g/mol. The zero-order valence-corrected chi connectivity index (χ0v) is 12.1. The van der Waals surface area contributed by atoms with E-state index in [0.29, 0.717) is 6.54 Å². The van der Waals surface area contributed by atoms with Crippen LogP contribution in [0.1, 0.15) is 39.0 Å². The van der Waals surface area contributed by atoms with Gasteiger partial charge in [-0.05, 0) is 56.5 Å². The van der Waals surface area contributed by atoms with Crippen LogP contribution >= 0.6 is 0 Å².